The Morgan fingerprint density at radius 3 is 2.14 bits per heavy atom. The quantitative estimate of drug-likeness (QED) is 0.770. The molecule has 0 aliphatic heterocycles. The van der Waals surface area contributed by atoms with Crippen molar-refractivity contribution in [3.8, 4) is 0 Å². The second-order valence-electron chi connectivity index (χ2n) is 6.20. The van der Waals surface area contributed by atoms with Crippen LogP contribution in [-0.4, -0.2) is 59.4 Å². The molecule has 128 valence electrons. The zero-order valence-electron chi connectivity index (χ0n) is 14.4. The molecular formula is C16H30N2O2S2. The summed E-state index contributed by atoms with van der Waals surface area (Å²) >= 11 is 3.17. The number of rotatable bonds is 7. The maximum atomic E-state index is 12.1. The molecule has 0 heterocycles. The Morgan fingerprint density at radius 1 is 1.09 bits per heavy atom. The molecule has 0 aromatic heterocycles. The van der Waals surface area contributed by atoms with Gasteiger partial charge < -0.3 is 10.2 Å². The predicted octanol–water partition coefficient (Wildman–Crippen LogP) is 2.62. The van der Waals surface area contributed by atoms with Gasteiger partial charge in [-0.2, -0.15) is 23.5 Å². The minimum absolute atomic E-state index is 0.0227. The van der Waals surface area contributed by atoms with Crippen LogP contribution in [0.15, 0.2) is 0 Å². The van der Waals surface area contributed by atoms with E-state index in [1.807, 2.05) is 38.3 Å². The molecule has 2 atom stereocenters. The molecule has 1 saturated carbocycles. The van der Waals surface area contributed by atoms with Crippen molar-refractivity contribution in [1.82, 2.24) is 10.2 Å². The van der Waals surface area contributed by atoms with E-state index in [9.17, 15) is 9.59 Å². The molecular weight excluding hydrogens is 316 g/mol. The maximum absolute atomic E-state index is 12.1. The van der Waals surface area contributed by atoms with Gasteiger partial charge in [-0.05, 0) is 58.0 Å². The Morgan fingerprint density at radius 2 is 1.64 bits per heavy atom. The molecule has 1 aliphatic carbocycles. The van der Waals surface area contributed by atoms with E-state index >= 15 is 0 Å². The van der Waals surface area contributed by atoms with Gasteiger partial charge in [0.1, 0.15) is 0 Å². The molecule has 0 aromatic carbocycles. The Hall–Kier alpha value is -0.360. The van der Waals surface area contributed by atoms with Crippen molar-refractivity contribution < 1.29 is 9.59 Å². The summed E-state index contributed by atoms with van der Waals surface area (Å²) in [7, 11) is 1.91. The Kier molecular flexibility index (Phi) is 8.69. The molecule has 1 aliphatic rings. The number of thioether (sulfide) groups is 2. The molecule has 2 amide bonds. The predicted molar refractivity (Wildman–Crippen MR) is 97.5 cm³/mol. The van der Waals surface area contributed by atoms with E-state index in [1.54, 1.807) is 23.5 Å². The lowest BCUT2D eigenvalue weighted by atomic mass is 9.85. The average molecular weight is 347 g/mol. The molecule has 1 rings (SSSR count). The van der Waals surface area contributed by atoms with Crippen LogP contribution < -0.4 is 5.32 Å². The first kappa shape index (κ1) is 19.7. The van der Waals surface area contributed by atoms with Gasteiger partial charge in [-0.25, -0.2) is 0 Å². The van der Waals surface area contributed by atoms with Crippen LogP contribution in [0, 0.1) is 5.92 Å². The lowest BCUT2D eigenvalue weighted by Gasteiger charge is -2.32. The fourth-order valence-electron chi connectivity index (χ4n) is 2.80. The number of nitrogens with zero attached hydrogens (tertiary/aromatic N) is 1. The number of hydrogen-bond donors (Lipinski definition) is 1. The second-order valence-corrected chi connectivity index (χ2v) is 8.56. The molecule has 0 radical (unpaired) electrons. The highest BCUT2D eigenvalue weighted by Crippen LogP contribution is 2.25. The van der Waals surface area contributed by atoms with Crippen molar-refractivity contribution in [2.24, 2.45) is 5.92 Å². The van der Waals surface area contributed by atoms with Crippen LogP contribution in [0.2, 0.25) is 0 Å². The lowest BCUT2D eigenvalue weighted by molar-refractivity contribution is -0.129. The molecule has 0 aromatic rings. The summed E-state index contributed by atoms with van der Waals surface area (Å²) in [6.45, 7) is 4.74. The normalized spacial score (nSPS) is 24.4. The Labute approximate surface area is 143 Å². The first-order chi connectivity index (χ1) is 10.4. The number of hydrogen-bond acceptors (Lipinski definition) is 4. The van der Waals surface area contributed by atoms with Crippen LogP contribution in [0.1, 0.15) is 39.5 Å². The van der Waals surface area contributed by atoms with Crippen LogP contribution >= 0.6 is 23.5 Å². The monoisotopic (exact) mass is 346 g/mol. The fourth-order valence-corrected chi connectivity index (χ4v) is 3.47. The third-order valence-electron chi connectivity index (χ3n) is 4.53. The number of carbonyl (C=O) groups excluding carboxylic acids is 2. The van der Waals surface area contributed by atoms with Gasteiger partial charge in [0.25, 0.3) is 0 Å². The van der Waals surface area contributed by atoms with Gasteiger partial charge in [0.2, 0.25) is 11.8 Å². The van der Waals surface area contributed by atoms with Crippen molar-refractivity contribution in [1.29, 1.82) is 0 Å². The maximum Gasteiger partial charge on any atom is 0.235 e. The van der Waals surface area contributed by atoms with Crippen molar-refractivity contribution in [2.45, 2.75) is 56.1 Å². The molecule has 1 fully saturated rings. The Bertz CT molecular complexity index is 371. The molecule has 0 bridgehead atoms. The molecule has 1 N–H and O–H groups in total. The minimum atomic E-state index is 0.0227. The number of nitrogens with one attached hydrogen (secondary N) is 1. The van der Waals surface area contributed by atoms with Crippen LogP contribution in [0.25, 0.3) is 0 Å². The molecule has 6 heteroatoms. The third-order valence-corrected chi connectivity index (χ3v) is 6.36. The molecule has 4 nitrogen and oxygen atoms in total. The standard InChI is InChI=1S/C16H30N2O2S2/c1-11(21-4)15(19)17-14-8-6-13(7-9-14)10-18(3)16(20)12(2)22-5/h11-14H,6-10H2,1-5H3,(H,17,19)/t11-,12-,13?,14?/m1/s1. The topological polar surface area (TPSA) is 49.4 Å². The highest BCUT2D eigenvalue weighted by atomic mass is 32.2. The Balaban J connectivity index is 2.33. The first-order valence-electron chi connectivity index (χ1n) is 8.00. The van der Waals surface area contributed by atoms with E-state index in [0.717, 1.165) is 32.2 Å². The highest BCUT2D eigenvalue weighted by Gasteiger charge is 2.26. The van der Waals surface area contributed by atoms with Gasteiger partial charge in [-0.15, -0.1) is 0 Å². The second kappa shape index (κ2) is 9.71. The van der Waals surface area contributed by atoms with E-state index in [-0.39, 0.29) is 22.3 Å². The smallest absolute Gasteiger partial charge is 0.235 e. The van der Waals surface area contributed by atoms with Crippen molar-refractivity contribution >= 4 is 35.3 Å². The van der Waals surface area contributed by atoms with E-state index in [1.165, 1.54) is 0 Å². The van der Waals surface area contributed by atoms with Crippen molar-refractivity contribution in [3.05, 3.63) is 0 Å². The van der Waals surface area contributed by atoms with Crippen molar-refractivity contribution in [3.63, 3.8) is 0 Å². The number of amides is 2. The third kappa shape index (κ3) is 6.03. The number of carbonyl (C=O) groups is 2. The van der Waals surface area contributed by atoms with E-state index < -0.39 is 0 Å². The van der Waals surface area contributed by atoms with Crippen molar-refractivity contribution in [2.75, 3.05) is 26.1 Å². The largest absolute Gasteiger partial charge is 0.352 e. The molecule has 0 spiro atoms. The summed E-state index contributed by atoms with van der Waals surface area (Å²) in [4.78, 5) is 25.9. The highest BCUT2D eigenvalue weighted by molar-refractivity contribution is 8.00. The van der Waals surface area contributed by atoms with Gasteiger partial charge >= 0.3 is 0 Å². The lowest BCUT2D eigenvalue weighted by Crippen LogP contribution is -2.43. The zero-order valence-corrected chi connectivity index (χ0v) is 16.1. The summed E-state index contributed by atoms with van der Waals surface area (Å²) < 4.78 is 0. The summed E-state index contributed by atoms with van der Waals surface area (Å²) in [5, 5.41) is 3.21. The van der Waals surface area contributed by atoms with Gasteiger partial charge in [0.05, 0.1) is 10.5 Å². The molecule has 0 saturated heterocycles. The van der Waals surface area contributed by atoms with Crippen LogP contribution in [-0.2, 0) is 9.59 Å². The summed E-state index contributed by atoms with van der Waals surface area (Å²) in [5.41, 5.74) is 0. The van der Waals surface area contributed by atoms with Crippen LogP contribution in [0.3, 0.4) is 0 Å². The van der Waals surface area contributed by atoms with Crippen LogP contribution in [0.5, 0.6) is 0 Å². The SMILES string of the molecule is CS[C@H](C)C(=O)NC1CCC(CN(C)C(=O)[C@@H](C)SC)CC1. The van der Waals surface area contributed by atoms with Gasteiger partial charge in [0, 0.05) is 19.6 Å². The first-order valence-corrected chi connectivity index (χ1v) is 10.6. The molecule has 22 heavy (non-hydrogen) atoms. The van der Waals surface area contributed by atoms with E-state index in [0.29, 0.717) is 12.0 Å². The zero-order chi connectivity index (χ0) is 16.7. The van der Waals surface area contributed by atoms with E-state index in [4.69, 9.17) is 0 Å². The van der Waals surface area contributed by atoms with Crippen LogP contribution in [0.4, 0.5) is 0 Å². The van der Waals surface area contributed by atoms with Gasteiger partial charge in [-0.1, -0.05) is 0 Å². The average Bonchev–Trinajstić information content (AvgIpc) is 2.54. The van der Waals surface area contributed by atoms with Gasteiger partial charge in [-0.3, -0.25) is 9.59 Å². The molecule has 0 unspecified atom stereocenters. The summed E-state index contributed by atoms with van der Waals surface area (Å²) in [5.74, 6) is 0.933. The summed E-state index contributed by atoms with van der Waals surface area (Å²) in [6, 6.07) is 0.310. The minimum Gasteiger partial charge on any atom is -0.352 e. The fraction of sp³-hybridized carbons (Fsp3) is 0.875. The van der Waals surface area contributed by atoms with E-state index in [2.05, 4.69) is 5.32 Å². The van der Waals surface area contributed by atoms with Gasteiger partial charge in [0.15, 0.2) is 0 Å². The summed E-state index contributed by atoms with van der Waals surface area (Å²) in [6.07, 6.45) is 8.16.